The minimum absolute atomic E-state index is 0.0150. The van der Waals surface area contributed by atoms with Crippen LogP contribution in [0.1, 0.15) is 30.5 Å². The second-order valence-electron chi connectivity index (χ2n) is 7.48. The molecule has 0 saturated carbocycles. The Labute approximate surface area is 192 Å². The summed E-state index contributed by atoms with van der Waals surface area (Å²) in [5.41, 5.74) is 1.10. The van der Waals surface area contributed by atoms with Crippen LogP contribution in [0.4, 0.5) is 0 Å². The van der Waals surface area contributed by atoms with E-state index in [4.69, 9.17) is 9.47 Å². The molecule has 2 atom stereocenters. The summed E-state index contributed by atoms with van der Waals surface area (Å²) in [7, 11) is 1.82. The van der Waals surface area contributed by atoms with Crippen LogP contribution >= 0.6 is 11.8 Å². The van der Waals surface area contributed by atoms with E-state index in [1.807, 2.05) is 73.1 Å². The van der Waals surface area contributed by atoms with Gasteiger partial charge >= 0.3 is 0 Å². The maximum Gasteiger partial charge on any atom is 0.233 e. The van der Waals surface area contributed by atoms with Gasteiger partial charge < -0.3 is 14.4 Å². The van der Waals surface area contributed by atoms with Gasteiger partial charge in [-0.3, -0.25) is 9.36 Å². The molecule has 0 spiro atoms. The SMILES string of the molecule is C=CCn1c(SCC(=O)N(C)[C@H](C)c2ccccc2)nnc1[C@@H]1COc2ccccc2O1. The van der Waals surface area contributed by atoms with Crippen LogP contribution in [0.15, 0.2) is 72.4 Å². The van der Waals surface area contributed by atoms with Crippen molar-refractivity contribution < 1.29 is 14.3 Å². The number of nitrogens with zero attached hydrogens (tertiary/aromatic N) is 4. The molecule has 1 aliphatic rings. The van der Waals surface area contributed by atoms with Crippen LogP contribution in [-0.4, -0.2) is 45.0 Å². The van der Waals surface area contributed by atoms with E-state index in [2.05, 4.69) is 16.8 Å². The fraction of sp³-hybridized carbons (Fsp3) is 0.292. The summed E-state index contributed by atoms with van der Waals surface area (Å²) < 4.78 is 13.9. The van der Waals surface area contributed by atoms with E-state index >= 15 is 0 Å². The Morgan fingerprint density at radius 3 is 2.69 bits per heavy atom. The van der Waals surface area contributed by atoms with Crippen LogP contribution in [0.2, 0.25) is 0 Å². The molecule has 0 bridgehead atoms. The number of carbonyl (C=O) groups excluding carboxylic acids is 1. The van der Waals surface area contributed by atoms with E-state index in [9.17, 15) is 4.79 Å². The van der Waals surface area contributed by atoms with Gasteiger partial charge in [-0.2, -0.15) is 0 Å². The molecular weight excluding hydrogens is 424 g/mol. The maximum atomic E-state index is 12.8. The molecule has 8 heteroatoms. The zero-order valence-corrected chi connectivity index (χ0v) is 19.0. The van der Waals surface area contributed by atoms with Gasteiger partial charge in [0.25, 0.3) is 0 Å². The summed E-state index contributed by atoms with van der Waals surface area (Å²) >= 11 is 1.36. The lowest BCUT2D eigenvalue weighted by atomic mass is 10.1. The van der Waals surface area contributed by atoms with Gasteiger partial charge in [0.05, 0.1) is 11.8 Å². The number of allylic oxidation sites excluding steroid dienone is 1. The molecule has 2 aromatic carbocycles. The second-order valence-corrected chi connectivity index (χ2v) is 8.43. The summed E-state index contributed by atoms with van der Waals surface area (Å²) in [5, 5.41) is 9.32. The summed E-state index contributed by atoms with van der Waals surface area (Å²) in [5.74, 6) is 2.33. The van der Waals surface area contributed by atoms with E-state index in [-0.39, 0.29) is 23.8 Å². The van der Waals surface area contributed by atoms with Crippen molar-refractivity contribution in [3.63, 3.8) is 0 Å². The van der Waals surface area contributed by atoms with Crippen LogP contribution in [0, 0.1) is 0 Å². The van der Waals surface area contributed by atoms with Crippen molar-refractivity contribution in [3.8, 4) is 11.5 Å². The number of aromatic nitrogens is 3. The third-order valence-electron chi connectivity index (χ3n) is 5.43. The second kappa shape index (κ2) is 9.91. The molecule has 2 heterocycles. The van der Waals surface area contributed by atoms with E-state index < -0.39 is 0 Å². The average molecular weight is 451 g/mol. The first kappa shape index (κ1) is 22.0. The lowest BCUT2D eigenvalue weighted by Gasteiger charge is -2.26. The van der Waals surface area contributed by atoms with E-state index in [1.165, 1.54) is 11.8 Å². The number of thioether (sulfide) groups is 1. The van der Waals surface area contributed by atoms with Crippen molar-refractivity contribution in [2.75, 3.05) is 19.4 Å². The lowest BCUT2D eigenvalue weighted by Crippen LogP contribution is -2.31. The van der Waals surface area contributed by atoms with Crippen molar-refractivity contribution in [3.05, 3.63) is 78.6 Å². The molecule has 0 N–H and O–H groups in total. The Balaban J connectivity index is 1.45. The summed E-state index contributed by atoms with van der Waals surface area (Å²) in [6.45, 7) is 6.72. The number of para-hydroxylation sites is 2. The molecule has 4 rings (SSSR count). The number of fused-ring (bicyclic) bond motifs is 1. The first-order valence-electron chi connectivity index (χ1n) is 10.4. The average Bonchev–Trinajstić information content (AvgIpc) is 3.24. The molecule has 3 aromatic rings. The summed E-state index contributed by atoms with van der Waals surface area (Å²) in [6, 6.07) is 17.5. The topological polar surface area (TPSA) is 69.5 Å². The monoisotopic (exact) mass is 450 g/mol. The fourth-order valence-electron chi connectivity index (χ4n) is 3.49. The van der Waals surface area contributed by atoms with Crippen molar-refractivity contribution >= 4 is 17.7 Å². The van der Waals surface area contributed by atoms with E-state index in [0.29, 0.717) is 35.6 Å². The van der Waals surface area contributed by atoms with Gasteiger partial charge in [0.15, 0.2) is 28.6 Å². The van der Waals surface area contributed by atoms with Gasteiger partial charge in [-0.05, 0) is 24.6 Å². The number of carbonyl (C=O) groups is 1. The largest absolute Gasteiger partial charge is 0.485 e. The van der Waals surface area contributed by atoms with Gasteiger partial charge in [-0.25, -0.2) is 0 Å². The van der Waals surface area contributed by atoms with Gasteiger partial charge in [0.2, 0.25) is 5.91 Å². The van der Waals surface area contributed by atoms with Crippen LogP contribution in [0.3, 0.4) is 0 Å². The molecule has 166 valence electrons. The number of amides is 1. The minimum Gasteiger partial charge on any atom is -0.485 e. The van der Waals surface area contributed by atoms with Gasteiger partial charge in [-0.1, -0.05) is 60.3 Å². The zero-order chi connectivity index (χ0) is 22.5. The molecule has 0 radical (unpaired) electrons. The van der Waals surface area contributed by atoms with Crippen LogP contribution in [0.25, 0.3) is 0 Å². The van der Waals surface area contributed by atoms with Crippen LogP contribution < -0.4 is 9.47 Å². The molecule has 32 heavy (non-hydrogen) atoms. The Bertz CT molecular complexity index is 1090. The molecular formula is C24H26N4O3S. The van der Waals surface area contributed by atoms with Crippen LogP contribution in [0.5, 0.6) is 11.5 Å². The summed E-state index contributed by atoms with van der Waals surface area (Å²) in [4.78, 5) is 14.6. The first-order valence-corrected chi connectivity index (χ1v) is 11.4. The smallest absolute Gasteiger partial charge is 0.233 e. The lowest BCUT2D eigenvalue weighted by molar-refractivity contribution is -0.128. The van der Waals surface area contributed by atoms with Crippen molar-refractivity contribution in [1.29, 1.82) is 0 Å². The Hall–Kier alpha value is -3.26. The number of hydrogen-bond acceptors (Lipinski definition) is 6. The Morgan fingerprint density at radius 1 is 1.22 bits per heavy atom. The molecule has 0 fully saturated rings. The third kappa shape index (κ3) is 4.65. The Morgan fingerprint density at radius 2 is 1.94 bits per heavy atom. The number of benzene rings is 2. The fourth-order valence-corrected chi connectivity index (χ4v) is 4.37. The number of ether oxygens (including phenoxy) is 2. The zero-order valence-electron chi connectivity index (χ0n) is 18.2. The molecule has 0 aliphatic carbocycles. The highest BCUT2D eigenvalue weighted by Gasteiger charge is 2.28. The summed E-state index contributed by atoms with van der Waals surface area (Å²) in [6.07, 6.45) is 1.39. The van der Waals surface area contributed by atoms with Crippen LogP contribution in [-0.2, 0) is 11.3 Å². The van der Waals surface area contributed by atoms with Gasteiger partial charge in [-0.15, -0.1) is 16.8 Å². The Kier molecular flexibility index (Phi) is 6.80. The molecule has 1 amide bonds. The molecule has 1 aromatic heterocycles. The van der Waals surface area contributed by atoms with Crippen molar-refractivity contribution in [2.24, 2.45) is 0 Å². The van der Waals surface area contributed by atoms with E-state index in [1.54, 1.807) is 11.0 Å². The third-order valence-corrected chi connectivity index (χ3v) is 6.39. The highest BCUT2D eigenvalue weighted by molar-refractivity contribution is 7.99. The molecule has 7 nitrogen and oxygen atoms in total. The highest BCUT2D eigenvalue weighted by atomic mass is 32.2. The predicted octanol–water partition coefficient (Wildman–Crippen LogP) is 4.29. The standard InChI is InChI=1S/C24H26N4O3S/c1-4-14-28-23(21-15-30-19-12-8-9-13-20(19)31-21)25-26-24(28)32-16-22(29)27(3)17(2)18-10-6-5-7-11-18/h4-13,17,21H,1,14-16H2,2-3H3/t17-,21+/m1/s1. The predicted molar refractivity (Wildman–Crippen MR) is 124 cm³/mol. The number of rotatable bonds is 8. The molecule has 0 unspecified atom stereocenters. The maximum absolute atomic E-state index is 12.8. The quantitative estimate of drug-likeness (QED) is 0.377. The molecule has 1 aliphatic heterocycles. The molecule has 0 saturated heterocycles. The van der Waals surface area contributed by atoms with Crippen molar-refractivity contribution in [2.45, 2.75) is 30.8 Å². The van der Waals surface area contributed by atoms with Gasteiger partial charge in [0.1, 0.15) is 6.61 Å². The van der Waals surface area contributed by atoms with Crippen molar-refractivity contribution in [1.82, 2.24) is 19.7 Å². The highest BCUT2D eigenvalue weighted by Crippen LogP contribution is 2.36. The minimum atomic E-state index is -0.386. The van der Waals surface area contributed by atoms with E-state index in [0.717, 1.165) is 5.56 Å². The van der Waals surface area contributed by atoms with Gasteiger partial charge in [0, 0.05) is 13.6 Å². The number of hydrogen-bond donors (Lipinski definition) is 0. The first-order chi connectivity index (χ1) is 15.6. The normalized spacial score (nSPS) is 15.8.